The number of carbonyl (C=O) groups is 1. The molecule has 1 aliphatic heterocycles. The van der Waals surface area contributed by atoms with Crippen LogP contribution in [0.4, 0.5) is 4.39 Å². The van der Waals surface area contributed by atoms with Crippen LogP contribution in [0.3, 0.4) is 0 Å². The number of hydrogen-bond acceptors (Lipinski definition) is 4. The third-order valence-electron chi connectivity index (χ3n) is 6.11. The summed E-state index contributed by atoms with van der Waals surface area (Å²) in [5.41, 5.74) is 2.41. The van der Waals surface area contributed by atoms with Gasteiger partial charge in [0.1, 0.15) is 10.6 Å². The van der Waals surface area contributed by atoms with E-state index in [9.17, 15) is 18.8 Å². The zero-order valence-corrected chi connectivity index (χ0v) is 19.1. The highest BCUT2D eigenvalue weighted by atomic mass is 32.1. The summed E-state index contributed by atoms with van der Waals surface area (Å²) in [5.74, 6) is -0.365. The molecule has 1 amide bonds. The molecule has 1 aliphatic rings. The molecule has 0 spiro atoms. The van der Waals surface area contributed by atoms with Gasteiger partial charge in [0, 0.05) is 18.3 Å². The fourth-order valence-corrected chi connectivity index (χ4v) is 5.65. The molecule has 0 bridgehead atoms. The average molecular weight is 464 g/mol. The Kier molecular flexibility index (Phi) is 5.25. The van der Waals surface area contributed by atoms with Crippen LogP contribution in [0.5, 0.6) is 0 Å². The minimum Gasteiger partial charge on any atom is -0.337 e. The van der Waals surface area contributed by atoms with Crippen LogP contribution in [-0.4, -0.2) is 26.5 Å². The Morgan fingerprint density at radius 2 is 1.76 bits per heavy atom. The van der Waals surface area contributed by atoms with Gasteiger partial charge in [-0.05, 0) is 48.7 Å². The topological polar surface area (TPSA) is 64.3 Å². The molecule has 4 aromatic rings. The lowest BCUT2D eigenvalue weighted by Crippen LogP contribution is -2.39. The first kappa shape index (κ1) is 21.3. The van der Waals surface area contributed by atoms with Crippen LogP contribution in [0.15, 0.2) is 58.1 Å². The number of amides is 1. The molecular weight excluding hydrogens is 441 g/mol. The molecule has 0 N–H and O–H groups in total. The number of fused-ring (bicyclic) bond motifs is 3. The number of thiophene rings is 1. The van der Waals surface area contributed by atoms with E-state index in [0.717, 1.165) is 21.6 Å². The van der Waals surface area contributed by atoms with Crippen molar-refractivity contribution in [2.75, 3.05) is 6.54 Å². The molecule has 33 heavy (non-hydrogen) atoms. The molecule has 0 unspecified atom stereocenters. The van der Waals surface area contributed by atoms with Crippen LogP contribution in [-0.2, 0) is 24.3 Å². The average Bonchev–Trinajstić information content (AvgIpc) is 3.18. The maximum atomic E-state index is 13.7. The summed E-state index contributed by atoms with van der Waals surface area (Å²) in [6.45, 7) is 4.65. The number of aryl methyl sites for hydroxylation is 1. The first-order chi connectivity index (χ1) is 15.8. The summed E-state index contributed by atoms with van der Waals surface area (Å²) < 4.78 is 16.2. The lowest BCUT2D eigenvalue weighted by Gasteiger charge is -2.25. The monoisotopic (exact) mass is 463 g/mol. The van der Waals surface area contributed by atoms with Crippen molar-refractivity contribution in [3.8, 4) is 5.69 Å². The highest BCUT2D eigenvalue weighted by Crippen LogP contribution is 2.33. The number of carbonyl (C=O) groups excluding carboxylic acids is 1. The normalized spacial score (nSPS) is 13.4. The highest BCUT2D eigenvalue weighted by molar-refractivity contribution is 7.18. The van der Waals surface area contributed by atoms with Crippen molar-refractivity contribution in [1.82, 2.24) is 14.0 Å². The summed E-state index contributed by atoms with van der Waals surface area (Å²) in [7, 11) is 0. The van der Waals surface area contributed by atoms with Crippen molar-refractivity contribution in [2.45, 2.75) is 33.4 Å². The van der Waals surface area contributed by atoms with E-state index in [4.69, 9.17) is 0 Å². The SMILES string of the molecule is CC(=O)N1CCc2c(sc3c2c(=O)n(-c2ccc(C)cc2)c(=O)n3Cc2ccc(F)cc2)C1. The summed E-state index contributed by atoms with van der Waals surface area (Å²) in [5, 5.41) is 0.528. The van der Waals surface area contributed by atoms with E-state index in [-0.39, 0.29) is 23.8 Å². The number of benzene rings is 2. The van der Waals surface area contributed by atoms with Gasteiger partial charge >= 0.3 is 5.69 Å². The highest BCUT2D eigenvalue weighted by Gasteiger charge is 2.27. The van der Waals surface area contributed by atoms with E-state index in [1.165, 1.54) is 35.0 Å². The standard InChI is InChI=1S/C25H22FN3O3S/c1-15-3-9-19(10-4-15)29-23(31)22-20-11-12-27(16(2)30)14-21(20)33-24(22)28(25(29)32)13-17-5-7-18(26)8-6-17/h3-10H,11-14H2,1-2H3. The predicted octanol–water partition coefficient (Wildman–Crippen LogP) is 3.61. The Morgan fingerprint density at radius 1 is 1.06 bits per heavy atom. The Hall–Kier alpha value is -3.52. The van der Waals surface area contributed by atoms with E-state index in [1.807, 2.05) is 19.1 Å². The number of hydrogen-bond donors (Lipinski definition) is 0. The van der Waals surface area contributed by atoms with Crippen molar-refractivity contribution in [3.63, 3.8) is 0 Å². The van der Waals surface area contributed by atoms with Gasteiger partial charge in [0.25, 0.3) is 5.56 Å². The third-order valence-corrected chi connectivity index (χ3v) is 7.35. The van der Waals surface area contributed by atoms with Crippen molar-refractivity contribution in [2.24, 2.45) is 0 Å². The first-order valence-corrected chi connectivity index (χ1v) is 11.5. The lowest BCUT2D eigenvalue weighted by molar-refractivity contribution is -0.129. The Labute approximate surface area is 193 Å². The molecule has 0 fully saturated rings. The molecule has 0 saturated heterocycles. The van der Waals surface area contributed by atoms with Crippen molar-refractivity contribution >= 4 is 27.5 Å². The lowest BCUT2D eigenvalue weighted by atomic mass is 10.1. The fourth-order valence-electron chi connectivity index (χ4n) is 4.31. The third kappa shape index (κ3) is 3.70. The Balaban J connectivity index is 1.78. The van der Waals surface area contributed by atoms with Crippen molar-refractivity contribution < 1.29 is 9.18 Å². The minimum absolute atomic E-state index is 0.0149. The summed E-state index contributed by atoms with van der Waals surface area (Å²) in [4.78, 5) is 42.5. The largest absolute Gasteiger partial charge is 0.337 e. The van der Waals surface area contributed by atoms with Crippen LogP contribution in [0, 0.1) is 12.7 Å². The van der Waals surface area contributed by atoms with Gasteiger partial charge in [-0.15, -0.1) is 11.3 Å². The van der Waals surface area contributed by atoms with Gasteiger partial charge < -0.3 is 4.90 Å². The van der Waals surface area contributed by atoms with Gasteiger partial charge in [-0.3, -0.25) is 14.2 Å². The molecule has 0 aliphatic carbocycles. The molecular formula is C25H22FN3O3S. The van der Waals surface area contributed by atoms with E-state index >= 15 is 0 Å². The van der Waals surface area contributed by atoms with E-state index in [1.54, 1.807) is 33.7 Å². The number of halogens is 1. The maximum absolute atomic E-state index is 13.7. The fraction of sp³-hybridized carbons (Fsp3) is 0.240. The van der Waals surface area contributed by atoms with Crippen LogP contribution in [0.2, 0.25) is 0 Å². The first-order valence-electron chi connectivity index (χ1n) is 10.7. The molecule has 6 nitrogen and oxygen atoms in total. The second-order valence-corrected chi connectivity index (χ2v) is 9.43. The van der Waals surface area contributed by atoms with Crippen molar-refractivity contribution in [1.29, 1.82) is 0 Å². The summed E-state index contributed by atoms with van der Waals surface area (Å²) in [6, 6.07) is 13.3. The molecule has 168 valence electrons. The van der Waals surface area contributed by atoms with E-state index in [0.29, 0.717) is 35.4 Å². The quantitative estimate of drug-likeness (QED) is 0.466. The molecule has 2 aromatic carbocycles. The zero-order valence-electron chi connectivity index (χ0n) is 18.3. The molecule has 2 aromatic heterocycles. The van der Waals surface area contributed by atoms with Gasteiger partial charge in [0.05, 0.1) is 24.2 Å². The van der Waals surface area contributed by atoms with Crippen LogP contribution in [0.1, 0.15) is 28.5 Å². The van der Waals surface area contributed by atoms with Crippen LogP contribution < -0.4 is 11.2 Å². The molecule has 0 saturated carbocycles. The smallest absolute Gasteiger partial charge is 0.337 e. The molecule has 0 atom stereocenters. The minimum atomic E-state index is -0.442. The van der Waals surface area contributed by atoms with Gasteiger partial charge in [-0.2, -0.15) is 0 Å². The summed E-state index contributed by atoms with van der Waals surface area (Å²) in [6.07, 6.45) is 0.562. The molecule has 0 radical (unpaired) electrons. The second-order valence-electron chi connectivity index (χ2n) is 8.35. The van der Waals surface area contributed by atoms with Gasteiger partial charge in [-0.1, -0.05) is 29.8 Å². The van der Waals surface area contributed by atoms with Crippen LogP contribution >= 0.6 is 11.3 Å². The molecule has 5 rings (SSSR count). The van der Waals surface area contributed by atoms with Crippen LogP contribution in [0.25, 0.3) is 15.9 Å². The number of rotatable bonds is 3. The zero-order chi connectivity index (χ0) is 23.3. The molecule has 3 heterocycles. The maximum Gasteiger partial charge on any atom is 0.337 e. The number of nitrogens with zero attached hydrogens (tertiary/aromatic N) is 3. The summed E-state index contributed by atoms with van der Waals surface area (Å²) >= 11 is 1.39. The van der Waals surface area contributed by atoms with Gasteiger partial charge in [-0.25, -0.2) is 13.8 Å². The second kappa shape index (κ2) is 8.12. The Morgan fingerprint density at radius 3 is 2.42 bits per heavy atom. The number of aromatic nitrogens is 2. The molecule has 8 heteroatoms. The van der Waals surface area contributed by atoms with E-state index < -0.39 is 5.69 Å². The predicted molar refractivity (Wildman–Crippen MR) is 127 cm³/mol. The van der Waals surface area contributed by atoms with E-state index in [2.05, 4.69) is 0 Å². The van der Waals surface area contributed by atoms with Gasteiger partial charge in [0.2, 0.25) is 5.91 Å². The van der Waals surface area contributed by atoms with Gasteiger partial charge in [0.15, 0.2) is 0 Å². The van der Waals surface area contributed by atoms with Crippen molar-refractivity contribution in [3.05, 3.63) is 96.8 Å². The Bertz CT molecular complexity index is 1500.